The molecule has 35 heavy (non-hydrogen) atoms. The van der Waals surface area contributed by atoms with E-state index in [1.807, 2.05) is 74.1 Å². The van der Waals surface area contributed by atoms with Crippen molar-refractivity contribution in [1.82, 2.24) is 4.57 Å². The normalized spacial score (nSPS) is 17.4. The number of aliphatic hydroxyl groups excluding tert-OH is 1. The van der Waals surface area contributed by atoms with Crippen LogP contribution in [0.25, 0.3) is 16.7 Å². The van der Waals surface area contributed by atoms with Crippen LogP contribution in [0.2, 0.25) is 0 Å². The van der Waals surface area contributed by atoms with E-state index < -0.39 is 17.7 Å². The zero-order valence-electron chi connectivity index (χ0n) is 20.1. The van der Waals surface area contributed by atoms with Gasteiger partial charge in [-0.15, -0.1) is 0 Å². The van der Waals surface area contributed by atoms with Crippen LogP contribution < -0.4 is 9.64 Å². The van der Waals surface area contributed by atoms with Gasteiger partial charge in [0.1, 0.15) is 11.5 Å². The molecule has 1 unspecified atom stereocenters. The van der Waals surface area contributed by atoms with Gasteiger partial charge in [-0.1, -0.05) is 36.4 Å². The number of benzene rings is 3. The lowest BCUT2D eigenvalue weighted by molar-refractivity contribution is -0.132. The predicted molar refractivity (Wildman–Crippen MR) is 137 cm³/mol. The van der Waals surface area contributed by atoms with Gasteiger partial charge in [-0.25, -0.2) is 0 Å². The lowest BCUT2D eigenvalue weighted by Crippen LogP contribution is -2.29. The molecule has 0 bridgehead atoms. The lowest BCUT2D eigenvalue weighted by Gasteiger charge is -2.25. The zero-order chi connectivity index (χ0) is 24.9. The largest absolute Gasteiger partial charge is 0.507 e. The molecule has 1 aromatic heterocycles. The fraction of sp³-hybridized carbons (Fsp3) is 0.172. The Labute approximate surface area is 203 Å². The molecule has 1 amide bonds. The molecule has 6 nitrogen and oxygen atoms in total. The Kier molecular flexibility index (Phi) is 5.44. The minimum atomic E-state index is -0.797. The molecule has 6 heteroatoms. The first-order chi connectivity index (χ1) is 16.8. The van der Waals surface area contributed by atoms with Crippen LogP contribution in [-0.2, 0) is 16.6 Å². The van der Waals surface area contributed by atoms with Crippen molar-refractivity contribution in [2.75, 3.05) is 12.0 Å². The molecule has 2 heterocycles. The number of aliphatic hydroxyl groups is 1. The number of methoxy groups -OCH3 is 1. The number of Topliss-reactive ketones (excluding diaryl/α,β-unsaturated/α-hetero) is 1. The van der Waals surface area contributed by atoms with Gasteiger partial charge in [0.15, 0.2) is 0 Å². The smallest absolute Gasteiger partial charge is 0.300 e. The van der Waals surface area contributed by atoms with E-state index >= 15 is 0 Å². The van der Waals surface area contributed by atoms with Gasteiger partial charge < -0.3 is 14.4 Å². The molecule has 1 aliphatic rings. The average molecular weight is 467 g/mol. The SMILES string of the molecule is COc1cccc(/C(O)=C2\C(=O)C(=O)N(c3ccc(C)c(C)c3)C2c2cn(C)c3ccccc23)c1. The monoisotopic (exact) mass is 466 g/mol. The van der Waals surface area contributed by atoms with Crippen LogP contribution in [0, 0.1) is 13.8 Å². The molecule has 0 saturated carbocycles. The second-order valence-corrected chi connectivity index (χ2v) is 8.88. The number of carbonyl (C=O) groups excluding carboxylic acids is 2. The number of ether oxygens (including phenoxy) is 1. The number of hydrogen-bond acceptors (Lipinski definition) is 4. The summed E-state index contributed by atoms with van der Waals surface area (Å²) >= 11 is 0. The number of aryl methyl sites for hydroxylation is 3. The Balaban J connectivity index is 1.81. The van der Waals surface area contributed by atoms with Crippen LogP contribution in [0.1, 0.15) is 28.3 Å². The summed E-state index contributed by atoms with van der Waals surface area (Å²) in [4.78, 5) is 28.5. The number of ketones is 1. The predicted octanol–water partition coefficient (Wildman–Crippen LogP) is 5.43. The van der Waals surface area contributed by atoms with Gasteiger partial charge >= 0.3 is 0 Å². The number of carbonyl (C=O) groups is 2. The standard InChI is InChI=1S/C29H26N2O4/c1-17-12-13-20(14-18(17)2)31-26(23-16-30(3)24-11-6-5-10-22(23)24)25(28(33)29(31)34)27(32)19-8-7-9-21(15-19)35-4/h5-16,26,32H,1-4H3/b27-25+. The van der Waals surface area contributed by atoms with Crippen molar-refractivity contribution in [3.05, 3.63) is 101 Å². The topological polar surface area (TPSA) is 71.8 Å². The van der Waals surface area contributed by atoms with E-state index in [0.717, 1.165) is 27.6 Å². The molecule has 1 aliphatic heterocycles. The maximum absolute atomic E-state index is 13.5. The first kappa shape index (κ1) is 22.5. The van der Waals surface area contributed by atoms with Crippen LogP contribution in [0.4, 0.5) is 5.69 Å². The van der Waals surface area contributed by atoms with Crippen LogP contribution in [0.5, 0.6) is 5.75 Å². The summed E-state index contributed by atoms with van der Waals surface area (Å²) in [6.45, 7) is 3.97. The van der Waals surface area contributed by atoms with Crippen molar-refractivity contribution >= 4 is 34.0 Å². The quantitative estimate of drug-likeness (QED) is 0.247. The van der Waals surface area contributed by atoms with Crippen molar-refractivity contribution in [1.29, 1.82) is 0 Å². The van der Waals surface area contributed by atoms with Crippen LogP contribution >= 0.6 is 0 Å². The number of hydrogen-bond donors (Lipinski definition) is 1. The fourth-order valence-corrected chi connectivity index (χ4v) is 4.79. The van der Waals surface area contributed by atoms with Gasteiger partial charge in [0.2, 0.25) is 0 Å². The molecule has 176 valence electrons. The molecule has 3 aromatic carbocycles. The molecule has 1 saturated heterocycles. The van der Waals surface area contributed by atoms with Gasteiger partial charge in [0.25, 0.3) is 11.7 Å². The summed E-state index contributed by atoms with van der Waals surface area (Å²) < 4.78 is 7.27. The van der Waals surface area contributed by atoms with E-state index in [4.69, 9.17) is 4.74 Å². The highest BCUT2D eigenvalue weighted by molar-refractivity contribution is 6.52. The molecule has 1 fully saturated rings. The van der Waals surface area contributed by atoms with E-state index in [9.17, 15) is 14.7 Å². The Morgan fingerprint density at radius 3 is 2.46 bits per heavy atom. The minimum absolute atomic E-state index is 0.0536. The molecule has 1 atom stereocenters. The Bertz CT molecular complexity index is 1530. The third-order valence-electron chi connectivity index (χ3n) is 6.78. The van der Waals surface area contributed by atoms with Gasteiger partial charge in [-0.2, -0.15) is 0 Å². The van der Waals surface area contributed by atoms with Crippen molar-refractivity contribution in [3.8, 4) is 5.75 Å². The van der Waals surface area contributed by atoms with E-state index in [0.29, 0.717) is 17.0 Å². The van der Waals surface area contributed by atoms with Crippen molar-refractivity contribution in [3.63, 3.8) is 0 Å². The summed E-state index contributed by atoms with van der Waals surface area (Å²) in [7, 11) is 3.46. The maximum atomic E-state index is 13.5. The molecular weight excluding hydrogens is 440 g/mol. The van der Waals surface area contributed by atoms with Crippen LogP contribution in [0.15, 0.2) is 78.5 Å². The molecule has 0 radical (unpaired) electrons. The van der Waals surface area contributed by atoms with Gasteiger partial charge in [0, 0.05) is 41.0 Å². The third kappa shape index (κ3) is 3.58. The highest BCUT2D eigenvalue weighted by Crippen LogP contribution is 2.45. The van der Waals surface area contributed by atoms with E-state index in [1.54, 1.807) is 24.3 Å². The molecule has 5 rings (SSSR count). The highest BCUT2D eigenvalue weighted by atomic mass is 16.5. The van der Waals surface area contributed by atoms with Gasteiger partial charge in [-0.05, 0) is 55.3 Å². The van der Waals surface area contributed by atoms with E-state index in [-0.39, 0.29) is 11.3 Å². The summed E-state index contributed by atoms with van der Waals surface area (Å²) in [6.07, 6.45) is 1.92. The molecule has 0 aliphatic carbocycles. The van der Waals surface area contributed by atoms with Crippen LogP contribution in [-0.4, -0.2) is 28.5 Å². The lowest BCUT2D eigenvalue weighted by atomic mass is 9.94. The average Bonchev–Trinajstić information content (AvgIpc) is 3.34. The molecular formula is C29H26N2O4. The first-order valence-corrected chi connectivity index (χ1v) is 11.4. The third-order valence-corrected chi connectivity index (χ3v) is 6.78. The van der Waals surface area contributed by atoms with Crippen molar-refractivity contribution in [2.24, 2.45) is 7.05 Å². The van der Waals surface area contributed by atoms with Gasteiger partial charge in [0.05, 0.1) is 18.7 Å². The number of para-hydroxylation sites is 1. The zero-order valence-corrected chi connectivity index (χ0v) is 20.1. The molecule has 4 aromatic rings. The summed E-state index contributed by atoms with van der Waals surface area (Å²) in [5, 5.41) is 12.3. The maximum Gasteiger partial charge on any atom is 0.300 e. The van der Waals surface area contributed by atoms with E-state index in [2.05, 4.69) is 0 Å². The Hall–Kier alpha value is -4.32. The number of anilines is 1. The number of fused-ring (bicyclic) bond motifs is 1. The minimum Gasteiger partial charge on any atom is -0.507 e. The number of aromatic nitrogens is 1. The summed E-state index contributed by atoms with van der Waals surface area (Å²) in [5.74, 6) is -1.08. The molecule has 0 spiro atoms. The summed E-state index contributed by atoms with van der Waals surface area (Å²) in [6, 6.07) is 19.6. The Morgan fingerprint density at radius 2 is 1.71 bits per heavy atom. The summed E-state index contributed by atoms with van der Waals surface area (Å²) in [5.41, 5.74) is 4.90. The van der Waals surface area contributed by atoms with Gasteiger partial charge in [-0.3, -0.25) is 14.5 Å². The number of amides is 1. The van der Waals surface area contributed by atoms with Crippen molar-refractivity contribution in [2.45, 2.75) is 19.9 Å². The first-order valence-electron chi connectivity index (χ1n) is 11.4. The molecule has 1 N–H and O–H groups in total. The number of rotatable bonds is 4. The number of nitrogens with zero attached hydrogens (tertiary/aromatic N) is 2. The van der Waals surface area contributed by atoms with Crippen LogP contribution in [0.3, 0.4) is 0 Å². The second kappa shape index (κ2) is 8.47. The van der Waals surface area contributed by atoms with Crippen molar-refractivity contribution < 1.29 is 19.4 Å². The Morgan fingerprint density at radius 1 is 0.943 bits per heavy atom. The van der Waals surface area contributed by atoms with E-state index in [1.165, 1.54) is 12.0 Å². The highest BCUT2D eigenvalue weighted by Gasteiger charge is 2.48. The fourth-order valence-electron chi connectivity index (χ4n) is 4.79. The second-order valence-electron chi connectivity index (χ2n) is 8.88.